The Morgan fingerprint density at radius 1 is 1.04 bits per heavy atom. The van der Waals surface area contributed by atoms with Crippen LogP contribution in [0.25, 0.3) is 0 Å². The van der Waals surface area contributed by atoms with Crippen molar-refractivity contribution in [2.24, 2.45) is 0 Å². The molecule has 2 amide bonds. The Bertz CT molecular complexity index is 734. The molecular formula is C17H17N3O4. The molecule has 0 radical (unpaired) electrons. The summed E-state index contributed by atoms with van der Waals surface area (Å²) in [7, 11) is 0. The summed E-state index contributed by atoms with van der Waals surface area (Å²) in [4.78, 5) is 27.8. The highest BCUT2D eigenvalue weighted by Gasteiger charge is 2.14. The average molecular weight is 327 g/mol. The summed E-state index contributed by atoms with van der Waals surface area (Å²) in [6, 6.07) is 10.5. The number of benzene rings is 1. The van der Waals surface area contributed by atoms with Crippen molar-refractivity contribution in [2.75, 3.05) is 18.5 Å². The fourth-order valence-electron chi connectivity index (χ4n) is 2.23. The van der Waals surface area contributed by atoms with E-state index in [4.69, 9.17) is 9.47 Å². The number of fused-ring (bicyclic) bond motifs is 1. The number of nitrogens with one attached hydrogen (secondary N) is 2. The van der Waals surface area contributed by atoms with Crippen LogP contribution < -0.4 is 20.1 Å². The molecule has 7 nitrogen and oxygen atoms in total. The molecule has 3 rings (SSSR count). The molecule has 0 aliphatic carbocycles. The molecule has 1 aliphatic heterocycles. The second-order valence-corrected chi connectivity index (χ2v) is 5.18. The van der Waals surface area contributed by atoms with Gasteiger partial charge in [0.2, 0.25) is 11.8 Å². The number of rotatable bonds is 5. The van der Waals surface area contributed by atoms with Crippen molar-refractivity contribution < 1.29 is 19.1 Å². The molecular weight excluding hydrogens is 310 g/mol. The molecule has 124 valence electrons. The first kappa shape index (κ1) is 15.8. The average Bonchev–Trinajstić information content (AvgIpc) is 2.60. The molecule has 7 heteroatoms. The topological polar surface area (TPSA) is 89.6 Å². The third-order valence-electron chi connectivity index (χ3n) is 3.34. The van der Waals surface area contributed by atoms with Crippen molar-refractivity contribution in [3.8, 4) is 11.5 Å². The zero-order chi connectivity index (χ0) is 16.8. The van der Waals surface area contributed by atoms with Gasteiger partial charge in [0.25, 0.3) is 0 Å². The van der Waals surface area contributed by atoms with Gasteiger partial charge in [-0.15, -0.1) is 0 Å². The Balaban J connectivity index is 1.49. The van der Waals surface area contributed by atoms with E-state index in [0.29, 0.717) is 30.4 Å². The van der Waals surface area contributed by atoms with Gasteiger partial charge in [-0.3, -0.25) is 14.6 Å². The van der Waals surface area contributed by atoms with Crippen LogP contribution in [0.2, 0.25) is 0 Å². The quantitative estimate of drug-likeness (QED) is 0.812. The van der Waals surface area contributed by atoms with E-state index in [2.05, 4.69) is 15.6 Å². The van der Waals surface area contributed by atoms with Crippen molar-refractivity contribution in [1.82, 2.24) is 10.3 Å². The van der Waals surface area contributed by atoms with Crippen LogP contribution in [-0.4, -0.2) is 30.0 Å². The molecule has 1 aromatic heterocycles. The Labute approximate surface area is 139 Å². The molecule has 2 N–H and O–H groups in total. The molecule has 0 saturated carbocycles. The molecule has 0 saturated heterocycles. The predicted octanol–water partition coefficient (Wildman–Crippen LogP) is 1.50. The number of anilines is 1. The normalized spacial score (nSPS) is 12.3. The number of amides is 2. The molecule has 0 fully saturated rings. The lowest BCUT2D eigenvalue weighted by molar-refractivity contribution is -0.126. The maximum absolute atomic E-state index is 11.9. The maximum atomic E-state index is 11.9. The van der Waals surface area contributed by atoms with Crippen molar-refractivity contribution in [3.05, 3.63) is 48.3 Å². The summed E-state index contributed by atoms with van der Waals surface area (Å²) in [5.74, 6) is 0.465. The lowest BCUT2D eigenvalue weighted by Crippen LogP contribution is -2.28. The summed E-state index contributed by atoms with van der Waals surface area (Å²) in [6.45, 7) is 1.27. The van der Waals surface area contributed by atoms with Gasteiger partial charge >= 0.3 is 0 Å². The molecule has 0 atom stereocenters. The van der Waals surface area contributed by atoms with Gasteiger partial charge in [0, 0.05) is 18.0 Å². The number of carbonyl (C=O) groups is 2. The van der Waals surface area contributed by atoms with Gasteiger partial charge in [-0.05, 0) is 24.3 Å². The standard InChI is InChI=1S/C17H17N3O4/c21-16(19-11-13-3-1-2-6-18-13)10-17(22)20-12-4-5-14-15(9-12)24-8-7-23-14/h1-6,9H,7-8,10-11H2,(H,19,21)(H,20,22). The third kappa shape index (κ3) is 4.22. The zero-order valence-corrected chi connectivity index (χ0v) is 13.0. The van der Waals surface area contributed by atoms with Crippen LogP contribution in [0.4, 0.5) is 5.69 Å². The summed E-state index contributed by atoms with van der Waals surface area (Å²) in [5.41, 5.74) is 1.29. The third-order valence-corrected chi connectivity index (χ3v) is 3.34. The first-order chi connectivity index (χ1) is 11.7. The maximum Gasteiger partial charge on any atom is 0.233 e. The van der Waals surface area contributed by atoms with Gasteiger partial charge in [0.15, 0.2) is 11.5 Å². The molecule has 1 aromatic carbocycles. The number of hydrogen-bond donors (Lipinski definition) is 2. The van der Waals surface area contributed by atoms with Gasteiger partial charge in [-0.25, -0.2) is 0 Å². The van der Waals surface area contributed by atoms with E-state index in [1.54, 1.807) is 36.5 Å². The van der Waals surface area contributed by atoms with Crippen LogP contribution in [0, 0.1) is 0 Å². The van der Waals surface area contributed by atoms with Crippen LogP contribution in [0.15, 0.2) is 42.6 Å². The van der Waals surface area contributed by atoms with Crippen molar-refractivity contribution in [3.63, 3.8) is 0 Å². The minimum Gasteiger partial charge on any atom is -0.486 e. The van der Waals surface area contributed by atoms with Crippen molar-refractivity contribution >= 4 is 17.5 Å². The van der Waals surface area contributed by atoms with Gasteiger partial charge in [-0.1, -0.05) is 6.07 Å². The van der Waals surface area contributed by atoms with Crippen LogP contribution in [0.1, 0.15) is 12.1 Å². The van der Waals surface area contributed by atoms with Crippen LogP contribution in [-0.2, 0) is 16.1 Å². The van der Waals surface area contributed by atoms with Gasteiger partial charge in [-0.2, -0.15) is 0 Å². The Morgan fingerprint density at radius 2 is 1.88 bits per heavy atom. The smallest absolute Gasteiger partial charge is 0.233 e. The molecule has 0 bridgehead atoms. The summed E-state index contributed by atoms with van der Waals surface area (Å²) in [5, 5.41) is 5.33. The molecule has 1 aliphatic rings. The summed E-state index contributed by atoms with van der Waals surface area (Å²) >= 11 is 0. The number of pyridine rings is 1. The van der Waals surface area contributed by atoms with Crippen LogP contribution in [0.3, 0.4) is 0 Å². The van der Waals surface area contributed by atoms with E-state index in [9.17, 15) is 9.59 Å². The lowest BCUT2D eigenvalue weighted by Gasteiger charge is -2.19. The largest absolute Gasteiger partial charge is 0.486 e. The minimum atomic E-state index is -0.398. The number of nitrogens with zero attached hydrogens (tertiary/aromatic N) is 1. The van der Waals surface area contributed by atoms with E-state index in [0.717, 1.165) is 5.69 Å². The second kappa shape index (κ2) is 7.45. The molecule has 0 unspecified atom stereocenters. The van der Waals surface area contributed by atoms with Gasteiger partial charge in [0.05, 0.1) is 12.2 Å². The SMILES string of the molecule is O=C(CC(=O)Nc1ccc2c(c1)OCCO2)NCc1ccccn1. The van der Waals surface area contributed by atoms with E-state index >= 15 is 0 Å². The molecule has 0 spiro atoms. The molecule has 2 aromatic rings. The number of ether oxygens (including phenoxy) is 2. The molecule has 24 heavy (non-hydrogen) atoms. The lowest BCUT2D eigenvalue weighted by atomic mass is 10.2. The number of aromatic nitrogens is 1. The van der Waals surface area contributed by atoms with E-state index in [-0.39, 0.29) is 18.9 Å². The molecule has 2 heterocycles. The van der Waals surface area contributed by atoms with Gasteiger partial charge < -0.3 is 20.1 Å². The van der Waals surface area contributed by atoms with Crippen LogP contribution >= 0.6 is 0 Å². The highest BCUT2D eigenvalue weighted by atomic mass is 16.6. The summed E-state index contributed by atoms with van der Waals surface area (Å²) in [6.07, 6.45) is 1.39. The van der Waals surface area contributed by atoms with Gasteiger partial charge in [0.1, 0.15) is 19.6 Å². The van der Waals surface area contributed by atoms with E-state index < -0.39 is 5.91 Å². The second-order valence-electron chi connectivity index (χ2n) is 5.18. The monoisotopic (exact) mass is 327 g/mol. The first-order valence-electron chi connectivity index (χ1n) is 7.57. The van der Waals surface area contributed by atoms with Crippen LogP contribution in [0.5, 0.6) is 11.5 Å². The first-order valence-corrected chi connectivity index (χ1v) is 7.57. The fraction of sp³-hybridized carbons (Fsp3) is 0.235. The highest BCUT2D eigenvalue weighted by molar-refractivity contribution is 6.03. The zero-order valence-electron chi connectivity index (χ0n) is 13.0. The number of hydrogen-bond acceptors (Lipinski definition) is 5. The fourth-order valence-corrected chi connectivity index (χ4v) is 2.23. The van der Waals surface area contributed by atoms with E-state index in [1.807, 2.05) is 6.07 Å². The Kier molecular flexibility index (Phi) is 4.90. The van der Waals surface area contributed by atoms with Crippen molar-refractivity contribution in [2.45, 2.75) is 13.0 Å². The number of carbonyl (C=O) groups excluding carboxylic acids is 2. The summed E-state index contributed by atoms with van der Waals surface area (Å²) < 4.78 is 10.9. The predicted molar refractivity (Wildman–Crippen MR) is 86.8 cm³/mol. The van der Waals surface area contributed by atoms with E-state index in [1.165, 1.54) is 0 Å². The Morgan fingerprint density at radius 3 is 2.67 bits per heavy atom. The minimum absolute atomic E-state index is 0.263. The van der Waals surface area contributed by atoms with Crippen molar-refractivity contribution in [1.29, 1.82) is 0 Å². The highest BCUT2D eigenvalue weighted by Crippen LogP contribution is 2.32. The Hall–Kier alpha value is -3.09.